The topological polar surface area (TPSA) is 0 Å². The molecule has 0 aliphatic heterocycles. The molecule has 0 bridgehead atoms. The Morgan fingerprint density at radius 1 is 0.765 bits per heavy atom. The van der Waals surface area contributed by atoms with Crippen LogP contribution in [-0.4, -0.2) is 0 Å². The lowest BCUT2D eigenvalue weighted by Crippen LogP contribution is -1.80. The molecule has 0 saturated carbocycles. The van der Waals surface area contributed by atoms with Gasteiger partial charge in [-0.15, -0.1) is 0 Å². The van der Waals surface area contributed by atoms with E-state index in [1.165, 1.54) is 42.4 Å². The van der Waals surface area contributed by atoms with Crippen LogP contribution in [0.3, 0.4) is 0 Å². The molecule has 0 fully saturated rings. The molecule has 0 unspecified atom stereocenters. The fourth-order valence-electron chi connectivity index (χ4n) is 1.38. The van der Waals surface area contributed by atoms with Gasteiger partial charge in [0, 0.05) is 0 Å². The molecule has 0 atom stereocenters. The van der Waals surface area contributed by atoms with Crippen LogP contribution >= 0.6 is 0 Å². The Kier molecular flexibility index (Phi) is 14.5. The van der Waals surface area contributed by atoms with Crippen molar-refractivity contribution in [2.45, 2.75) is 74.1 Å². The summed E-state index contributed by atoms with van der Waals surface area (Å²) in [6.07, 6.45) is 11.7. The third kappa shape index (κ3) is 15.2. The van der Waals surface area contributed by atoms with Crippen LogP contribution in [0.15, 0.2) is 34.9 Å². The van der Waals surface area contributed by atoms with E-state index in [1.54, 1.807) is 0 Å². The van der Waals surface area contributed by atoms with Crippen molar-refractivity contribution in [1.29, 1.82) is 0 Å². The molecular formula is C17H32. The zero-order valence-electron chi connectivity index (χ0n) is 13.1. The molecule has 17 heavy (non-hydrogen) atoms. The quantitative estimate of drug-likeness (QED) is 0.465. The molecule has 0 aromatic carbocycles. The summed E-state index contributed by atoms with van der Waals surface area (Å²) in [5, 5.41) is 0. The Hall–Kier alpha value is -0.780. The largest absolute Gasteiger partial charge is 0.0887 e. The average molecular weight is 236 g/mol. The van der Waals surface area contributed by atoms with Crippen LogP contribution in [0.25, 0.3) is 0 Å². The van der Waals surface area contributed by atoms with E-state index in [2.05, 4.69) is 52.8 Å². The lowest BCUT2D eigenvalue weighted by atomic mass is 10.1. The number of rotatable bonds is 6. The maximum Gasteiger partial charge on any atom is -0.0288 e. The van der Waals surface area contributed by atoms with E-state index in [1.807, 2.05) is 13.8 Å². The van der Waals surface area contributed by atoms with Gasteiger partial charge in [-0.25, -0.2) is 0 Å². The van der Waals surface area contributed by atoms with E-state index in [4.69, 9.17) is 0 Å². The Labute approximate surface area is 110 Å². The Morgan fingerprint density at radius 2 is 1.24 bits per heavy atom. The first-order valence-corrected chi connectivity index (χ1v) is 6.97. The van der Waals surface area contributed by atoms with Crippen LogP contribution in [0.4, 0.5) is 0 Å². The second-order valence-corrected chi connectivity index (χ2v) is 4.54. The van der Waals surface area contributed by atoms with E-state index in [0.29, 0.717) is 0 Å². The van der Waals surface area contributed by atoms with Crippen LogP contribution in [-0.2, 0) is 0 Å². The Bertz CT molecular complexity index is 247. The second-order valence-electron chi connectivity index (χ2n) is 4.54. The third-order valence-electron chi connectivity index (χ3n) is 2.62. The summed E-state index contributed by atoms with van der Waals surface area (Å²) in [6, 6.07) is 0. The van der Waals surface area contributed by atoms with Crippen LogP contribution < -0.4 is 0 Å². The van der Waals surface area contributed by atoms with Crippen molar-refractivity contribution >= 4 is 0 Å². The highest BCUT2D eigenvalue weighted by Gasteiger charge is 1.90. The molecule has 0 aliphatic carbocycles. The van der Waals surface area contributed by atoms with Crippen LogP contribution in [0.2, 0.25) is 0 Å². The van der Waals surface area contributed by atoms with Gasteiger partial charge in [-0.2, -0.15) is 0 Å². The summed E-state index contributed by atoms with van der Waals surface area (Å²) in [7, 11) is 0. The van der Waals surface area contributed by atoms with E-state index < -0.39 is 0 Å². The predicted octanol–water partition coefficient (Wildman–Crippen LogP) is 6.45. The average Bonchev–Trinajstić information content (AvgIpc) is 2.31. The molecule has 0 aromatic rings. The van der Waals surface area contributed by atoms with E-state index in [-0.39, 0.29) is 0 Å². The van der Waals surface area contributed by atoms with E-state index >= 15 is 0 Å². The van der Waals surface area contributed by atoms with Crippen LogP contribution in [0.5, 0.6) is 0 Å². The molecule has 0 amide bonds. The van der Waals surface area contributed by atoms with Gasteiger partial charge >= 0.3 is 0 Å². The van der Waals surface area contributed by atoms with Crippen molar-refractivity contribution in [3.8, 4) is 0 Å². The SMILES string of the molecule is C/C=C(/C)CC/C=C(\C)CCC=C(C)C.CC. The maximum absolute atomic E-state index is 2.38. The van der Waals surface area contributed by atoms with Crippen LogP contribution in [0.1, 0.15) is 74.1 Å². The van der Waals surface area contributed by atoms with Gasteiger partial charge in [-0.05, 0) is 60.3 Å². The Morgan fingerprint density at radius 3 is 1.71 bits per heavy atom. The normalized spacial score (nSPS) is 11.7. The molecule has 0 heteroatoms. The zero-order valence-corrected chi connectivity index (χ0v) is 13.1. The first-order chi connectivity index (χ1) is 8.06. The molecule has 0 N–H and O–H groups in total. The van der Waals surface area contributed by atoms with Gasteiger partial charge in [0.15, 0.2) is 0 Å². The van der Waals surface area contributed by atoms with Gasteiger partial charge in [-0.3, -0.25) is 0 Å². The van der Waals surface area contributed by atoms with Gasteiger partial charge in [0.1, 0.15) is 0 Å². The molecule has 0 aliphatic rings. The van der Waals surface area contributed by atoms with E-state index in [9.17, 15) is 0 Å². The fraction of sp³-hybridized carbons (Fsp3) is 0.647. The van der Waals surface area contributed by atoms with Gasteiger partial charge < -0.3 is 0 Å². The lowest BCUT2D eigenvalue weighted by molar-refractivity contribution is 0.917. The summed E-state index contributed by atoms with van der Waals surface area (Å²) < 4.78 is 0. The summed E-state index contributed by atoms with van der Waals surface area (Å²) >= 11 is 0. The number of hydrogen-bond acceptors (Lipinski definition) is 0. The van der Waals surface area contributed by atoms with Gasteiger partial charge in [0.2, 0.25) is 0 Å². The molecule has 100 valence electrons. The summed E-state index contributed by atoms with van der Waals surface area (Å²) in [5.74, 6) is 0. The molecule has 0 saturated heterocycles. The third-order valence-corrected chi connectivity index (χ3v) is 2.62. The number of hydrogen-bond donors (Lipinski definition) is 0. The maximum atomic E-state index is 2.38. The molecule has 0 nitrogen and oxygen atoms in total. The minimum Gasteiger partial charge on any atom is -0.0887 e. The first-order valence-electron chi connectivity index (χ1n) is 6.97. The zero-order chi connectivity index (χ0) is 13.7. The summed E-state index contributed by atoms with van der Waals surface area (Å²) in [5.41, 5.74) is 4.44. The monoisotopic (exact) mass is 236 g/mol. The van der Waals surface area contributed by atoms with Crippen molar-refractivity contribution in [2.75, 3.05) is 0 Å². The van der Waals surface area contributed by atoms with Crippen molar-refractivity contribution in [2.24, 2.45) is 0 Å². The first kappa shape index (κ1) is 18.6. The standard InChI is InChI=1S/C15H26.C2H6/c1-6-14(4)10-8-12-15(5)11-7-9-13(2)3;1-2/h6,9,12H,7-8,10-11H2,1-5H3;1-2H3/b14-6-,15-12+;. The number of allylic oxidation sites excluding steroid dienone is 6. The summed E-state index contributed by atoms with van der Waals surface area (Å²) in [4.78, 5) is 0. The van der Waals surface area contributed by atoms with Gasteiger partial charge in [0.05, 0.1) is 0 Å². The minimum absolute atomic E-state index is 1.19. The smallest absolute Gasteiger partial charge is 0.0288 e. The van der Waals surface area contributed by atoms with Crippen molar-refractivity contribution in [3.05, 3.63) is 34.9 Å². The van der Waals surface area contributed by atoms with Crippen LogP contribution in [0, 0.1) is 0 Å². The van der Waals surface area contributed by atoms with Gasteiger partial charge in [0.25, 0.3) is 0 Å². The predicted molar refractivity (Wildman–Crippen MR) is 82.4 cm³/mol. The summed E-state index contributed by atoms with van der Waals surface area (Å²) in [6.45, 7) is 14.9. The van der Waals surface area contributed by atoms with Crippen molar-refractivity contribution in [1.82, 2.24) is 0 Å². The van der Waals surface area contributed by atoms with Crippen molar-refractivity contribution < 1.29 is 0 Å². The highest BCUT2D eigenvalue weighted by Crippen LogP contribution is 2.10. The fourth-order valence-corrected chi connectivity index (χ4v) is 1.38. The molecule has 0 spiro atoms. The van der Waals surface area contributed by atoms with E-state index in [0.717, 1.165) is 0 Å². The second kappa shape index (κ2) is 13.3. The highest BCUT2D eigenvalue weighted by atomic mass is 14.0. The van der Waals surface area contributed by atoms with Gasteiger partial charge in [-0.1, -0.05) is 48.8 Å². The molecule has 0 heterocycles. The Balaban J connectivity index is 0. The molecule has 0 rings (SSSR count). The molecular weight excluding hydrogens is 204 g/mol. The minimum atomic E-state index is 1.19. The highest BCUT2D eigenvalue weighted by molar-refractivity contribution is 5.04. The molecule has 0 radical (unpaired) electrons. The van der Waals surface area contributed by atoms with Crippen molar-refractivity contribution in [3.63, 3.8) is 0 Å². The lowest BCUT2D eigenvalue weighted by Gasteiger charge is -2.00. The molecule has 0 aromatic heterocycles.